The molecule has 0 unspecified atom stereocenters. The van der Waals surface area contributed by atoms with Crippen molar-refractivity contribution < 1.29 is 28.5 Å². The van der Waals surface area contributed by atoms with E-state index in [9.17, 15) is 23.8 Å². The van der Waals surface area contributed by atoms with E-state index in [-0.39, 0.29) is 17.3 Å². The molecule has 0 saturated carbocycles. The van der Waals surface area contributed by atoms with Crippen molar-refractivity contribution >= 4 is 29.3 Å². The average Bonchev–Trinajstić information content (AvgIpc) is 3.18. The van der Waals surface area contributed by atoms with Crippen LogP contribution >= 0.6 is 23.4 Å². The number of carboxylic acids is 1. The van der Waals surface area contributed by atoms with Gasteiger partial charge in [-0.15, -0.1) is 22.0 Å². The van der Waals surface area contributed by atoms with Crippen molar-refractivity contribution in [2.24, 2.45) is 0 Å². The van der Waals surface area contributed by atoms with E-state index in [4.69, 9.17) is 16.3 Å². The number of alkyl halides is 2. The fraction of sp³-hybridized carbons (Fsp3) is 0.227. The summed E-state index contributed by atoms with van der Waals surface area (Å²) in [6, 6.07) is 9.57. The standard InChI is InChI=1S/C22H18ClF2N3O4S/c1-3-22(24,25)21-27-26-20-16(10-17(29)30)33-19(12-5-4-6-15(32-2)18(12)31)13-9-11(23)7-8-14(13)28(20)21/h3-9,16,19,31H,1,10H2,2H3,(H,29,30)/t16-,19-/m1/s1. The maximum Gasteiger partial charge on any atom is 0.325 e. The van der Waals surface area contributed by atoms with Gasteiger partial charge in [-0.2, -0.15) is 8.78 Å². The van der Waals surface area contributed by atoms with Crippen LogP contribution in [0.15, 0.2) is 49.1 Å². The second kappa shape index (κ2) is 8.68. The lowest BCUT2D eigenvalue weighted by Crippen LogP contribution is -2.18. The summed E-state index contributed by atoms with van der Waals surface area (Å²) in [4.78, 5) is 11.7. The Morgan fingerprint density at radius 3 is 2.76 bits per heavy atom. The molecule has 0 fully saturated rings. The number of carboxylic acid groups (broad SMARTS) is 1. The number of rotatable bonds is 6. The van der Waals surface area contributed by atoms with Gasteiger partial charge in [-0.1, -0.05) is 30.3 Å². The number of aromatic nitrogens is 3. The van der Waals surface area contributed by atoms with Crippen LogP contribution in [-0.4, -0.2) is 38.1 Å². The molecular formula is C22H18ClF2N3O4S. The Hall–Kier alpha value is -3.11. The number of benzene rings is 2. The van der Waals surface area contributed by atoms with Crippen LogP contribution in [0.25, 0.3) is 5.69 Å². The molecule has 2 N–H and O–H groups in total. The molecule has 3 aromatic rings. The summed E-state index contributed by atoms with van der Waals surface area (Å²) in [5.41, 5.74) is 1.18. The number of para-hydroxylation sites is 1. The zero-order chi connectivity index (χ0) is 23.9. The second-order valence-corrected chi connectivity index (χ2v) is 9.00. The van der Waals surface area contributed by atoms with Crippen molar-refractivity contribution in [2.45, 2.75) is 22.8 Å². The van der Waals surface area contributed by atoms with Gasteiger partial charge in [-0.25, -0.2) is 0 Å². The first-order valence-corrected chi connectivity index (χ1v) is 11.0. The minimum atomic E-state index is -3.53. The molecule has 0 saturated heterocycles. The maximum atomic E-state index is 14.7. The van der Waals surface area contributed by atoms with E-state index in [0.29, 0.717) is 27.9 Å². The molecule has 1 aromatic heterocycles. The van der Waals surface area contributed by atoms with E-state index < -0.39 is 34.6 Å². The third-order valence-corrected chi connectivity index (χ3v) is 6.96. The molecule has 2 aromatic carbocycles. The van der Waals surface area contributed by atoms with E-state index in [1.54, 1.807) is 30.3 Å². The first-order valence-electron chi connectivity index (χ1n) is 9.68. The molecule has 1 aliphatic heterocycles. The van der Waals surface area contributed by atoms with E-state index >= 15 is 0 Å². The lowest BCUT2D eigenvalue weighted by Gasteiger charge is -2.22. The highest BCUT2D eigenvalue weighted by Crippen LogP contribution is 2.54. The van der Waals surface area contributed by atoms with Crippen molar-refractivity contribution in [3.63, 3.8) is 0 Å². The van der Waals surface area contributed by atoms with Crippen LogP contribution in [-0.2, 0) is 10.7 Å². The molecule has 7 nitrogen and oxygen atoms in total. The van der Waals surface area contributed by atoms with Crippen molar-refractivity contribution in [1.29, 1.82) is 0 Å². The highest BCUT2D eigenvalue weighted by Gasteiger charge is 2.41. The number of fused-ring (bicyclic) bond motifs is 3. The Morgan fingerprint density at radius 2 is 2.09 bits per heavy atom. The summed E-state index contributed by atoms with van der Waals surface area (Å²) in [6.45, 7) is 3.19. The minimum absolute atomic E-state index is 0.0485. The number of allylic oxidation sites excluding steroid dienone is 1. The summed E-state index contributed by atoms with van der Waals surface area (Å²) < 4.78 is 35.9. The predicted molar refractivity (Wildman–Crippen MR) is 120 cm³/mol. The molecule has 0 radical (unpaired) electrons. The number of ether oxygens (including phenoxy) is 1. The fourth-order valence-electron chi connectivity index (χ4n) is 3.74. The van der Waals surface area contributed by atoms with Gasteiger partial charge >= 0.3 is 11.9 Å². The van der Waals surface area contributed by atoms with Crippen molar-refractivity contribution in [2.75, 3.05) is 7.11 Å². The van der Waals surface area contributed by atoms with Gasteiger partial charge < -0.3 is 14.9 Å². The van der Waals surface area contributed by atoms with Gasteiger partial charge in [-0.3, -0.25) is 9.36 Å². The van der Waals surface area contributed by atoms with E-state index in [2.05, 4.69) is 16.8 Å². The monoisotopic (exact) mass is 493 g/mol. The van der Waals surface area contributed by atoms with Gasteiger partial charge in [-0.05, 0) is 35.9 Å². The lowest BCUT2D eigenvalue weighted by atomic mass is 10.0. The number of phenolic OH excluding ortho intramolecular Hbond substituents is 1. The largest absolute Gasteiger partial charge is 0.504 e. The van der Waals surface area contributed by atoms with Gasteiger partial charge in [0.1, 0.15) is 0 Å². The Morgan fingerprint density at radius 1 is 1.33 bits per heavy atom. The SMILES string of the molecule is C=CC(F)(F)c1nnc2n1-c1ccc(Cl)cc1[C@@H](c1cccc(OC)c1O)S[C@@H]2CC(=O)O. The molecule has 2 heterocycles. The fourth-order valence-corrected chi connectivity index (χ4v) is 5.44. The predicted octanol–water partition coefficient (Wildman–Crippen LogP) is 5.26. The highest BCUT2D eigenvalue weighted by atomic mass is 35.5. The molecule has 11 heteroatoms. The maximum absolute atomic E-state index is 14.7. The van der Waals surface area contributed by atoms with Crippen LogP contribution in [0.1, 0.15) is 39.7 Å². The van der Waals surface area contributed by atoms with Crippen LogP contribution in [0.5, 0.6) is 11.5 Å². The molecule has 0 amide bonds. The van der Waals surface area contributed by atoms with Crippen LogP contribution in [0.4, 0.5) is 8.78 Å². The second-order valence-electron chi connectivity index (χ2n) is 7.25. The van der Waals surface area contributed by atoms with E-state index in [1.807, 2.05) is 0 Å². The molecule has 0 bridgehead atoms. The zero-order valence-corrected chi connectivity index (χ0v) is 18.8. The molecule has 0 aliphatic carbocycles. The molecule has 1 aliphatic rings. The van der Waals surface area contributed by atoms with Gasteiger partial charge in [0.2, 0.25) is 5.82 Å². The molecule has 172 valence electrons. The number of aliphatic carboxylic acids is 1. The van der Waals surface area contributed by atoms with Crippen molar-refractivity contribution in [1.82, 2.24) is 14.8 Å². The third kappa shape index (κ3) is 4.04. The first kappa shape index (κ1) is 23.1. The molecule has 0 spiro atoms. The quantitative estimate of drug-likeness (QED) is 0.452. The molecule has 33 heavy (non-hydrogen) atoms. The number of aromatic hydroxyl groups is 1. The summed E-state index contributed by atoms with van der Waals surface area (Å²) >= 11 is 7.41. The number of hydrogen-bond donors (Lipinski definition) is 2. The van der Waals surface area contributed by atoms with Crippen LogP contribution in [0.3, 0.4) is 0 Å². The normalized spacial score (nSPS) is 17.6. The third-order valence-electron chi connectivity index (χ3n) is 5.24. The lowest BCUT2D eigenvalue weighted by molar-refractivity contribution is -0.137. The number of thioether (sulfide) groups is 1. The number of methoxy groups -OCH3 is 1. The Balaban J connectivity index is 2.04. The summed E-state index contributed by atoms with van der Waals surface area (Å²) in [5, 5.41) is 26.8. The Labute approximate surface area is 196 Å². The molecule has 2 atom stereocenters. The van der Waals surface area contributed by atoms with Crippen LogP contribution in [0, 0.1) is 0 Å². The number of hydrogen-bond acceptors (Lipinski definition) is 6. The Bertz CT molecular complexity index is 1250. The van der Waals surface area contributed by atoms with Gasteiger partial charge in [0.25, 0.3) is 0 Å². The van der Waals surface area contributed by atoms with Crippen molar-refractivity contribution in [3.05, 3.63) is 76.9 Å². The van der Waals surface area contributed by atoms with Crippen molar-refractivity contribution in [3.8, 4) is 17.2 Å². The van der Waals surface area contributed by atoms with Gasteiger partial charge in [0.15, 0.2) is 17.3 Å². The summed E-state index contributed by atoms with van der Waals surface area (Å²) in [6.07, 6.45) is 0.0426. The highest BCUT2D eigenvalue weighted by molar-refractivity contribution is 8.00. The number of carbonyl (C=O) groups is 1. The zero-order valence-electron chi connectivity index (χ0n) is 17.2. The Kier molecular flexibility index (Phi) is 6.06. The number of halogens is 3. The number of nitrogens with zero attached hydrogens (tertiary/aromatic N) is 3. The van der Waals surface area contributed by atoms with Crippen LogP contribution < -0.4 is 4.74 Å². The van der Waals surface area contributed by atoms with Gasteiger partial charge in [0.05, 0.1) is 29.7 Å². The van der Waals surface area contributed by atoms with Gasteiger partial charge in [0, 0.05) is 10.6 Å². The topological polar surface area (TPSA) is 97.5 Å². The smallest absolute Gasteiger partial charge is 0.325 e. The minimum Gasteiger partial charge on any atom is -0.504 e. The molecular weight excluding hydrogens is 476 g/mol. The molecule has 4 rings (SSSR count). The first-order chi connectivity index (χ1) is 15.7. The van der Waals surface area contributed by atoms with E-state index in [0.717, 1.165) is 16.3 Å². The summed E-state index contributed by atoms with van der Waals surface area (Å²) in [5.74, 6) is -5.24. The average molecular weight is 494 g/mol. The van der Waals surface area contributed by atoms with E-state index in [1.165, 1.54) is 13.2 Å². The number of phenols is 1. The summed E-state index contributed by atoms with van der Waals surface area (Å²) in [7, 11) is 1.40. The van der Waals surface area contributed by atoms with Crippen LogP contribution in [0.2, 0.25) is 5.02 Å².